The maximum Gasteiger partial charge on any atom is 0.307 e. The lowest BCUT2D eigenvalue weighted by atomic mass is 10.2. The summed E-state index contributed by atoms with van der Waals surface area (Å²) in [5.41, 5.74) is 0.122. The van der Waals surface area contributed by atoms with Crippen molar-refractivity contribution in [1.82, 2.24) is 4.98 Å². The van der Waals surface area contributed by atoms with Crippen LogP contribution in [0.15, 0.2) is 18.3 Å². The van der Waals surface area contributed by atoms with Crippen LogP contribution in [0.5, 0.6) is 0 Å². The first-order valence-electron chi connectivity index (χ1n) is 4.19. The summed E-state index contributed by atoms with van der Waals surface area (Å²) in [5, 5.41) is 18.9. The van der Waals surface area contributed by atoms with Gasteiger partial charge in [0.2, 0.25) is 0 Å². The predicted octanol–water partition coefficient (Wildman–Crippen LogP) is 2.13. The van der Waals surface area contributed by atoms with Crippen LogP contribution in [-0.4, -0.2) is 21.0 Å². The summed E-state index contributed by atoms with van der Waals surface area (Å²) in [7, 11) is 0. The van der Waals surface area contributed by atoms with Gasteiger partial charge in [-0.05, 0) is 0 Å². The largest absolute Gasteiger partial charge is 0.481 e. The second-order valence-corrected chi connectivity index (χ2v) is 3.19. The summed E-state index contributed by atoms with van der Waals surface area (Å²) < 4.78 is 0. The van der Waals surface area contributed by atoms with Crippen LogP contribution in [0, 0.1) is 10.1 Å². The van der Waals surface area contributed by atoms with E-state index in [-0.39, 0.29) is 17.3 Å². The fourth-order valence-corrected chi connectivity index (χ4v) is 1.12. The third-order valence-corrected chi connectivity index (χ3v) is 1.97. The number of hydrogen-bond acceptors (Lipinski definition) is 4. The Bertz CT molecular complexity index is 459. The van der Waals surface area contributed by atoms with Crippen LogP contribution < -0.4 is 0 Å². The topological polar surface area (TPSA) is 93.3 Å². The zero-order valence-electron chi connectivity index (χ0n) is 7.96. The third kappa shape index (κ3) is 3.32. The van der Waals surface area contributed by atoms with E-state index in [1.807, 2.05) is 0 Å². The molecule has 0 aromatic carbocycles. The van der Waals surface area contributed by atoms with E-state index >= 15 is 0 Å². The van der Waals surface area contributed by atoms with Crippen LogP contribution in [0.2, 0.25) is 5.15 Å². The molecule has 84 valence electrons. The summed E-state index contributed by atoms with van der Waals surface area (Å²) >= 11 is 5.68. The number of aliphatic carboxylic acids is 1. The van der Waals surface area contributed by atoms with Crippen LogP contribution in [0.1, 0.15) is 12.0 Å². The van der Waals surface area contributed by atoms with E-state index in [4.69, 9.17) is 16.7 Å². The molecule has 0 radical (unpaired) electrons. The number of carboxylic acid groups (broad SMARTS) is 1. The summed E-state index contributed by atoms with van der Waals surface area (Å²) in [6.45, 7) is 0. The van der Waals surface area contributed by atoms with E-state index in [0.29, 0.717) is 5.56 Å². The highest BCUT2D eigenvalue weighted by Gasteiger charge is 2.08. The molecular weight excluding hydrogens is 236 g/mol. The summed E-state index contributed by atoms with van der Waals surface area (Å²) in [5.74, 6) is -0.995. The zero-order chi connectivity index (χ0) is 12.1. The fraction of sp³-hybridized carbons (Fsp3) is 0.111. The lowest BCUT2D eigenvalue weighted by Gasteiger charge is -1.96. The Labute approximate surface area is 95.3 Å². The zero-order valence-corrected chi connectivity index (χ0v) is 8.72. The second-order valence-electron chi connectivity index (χ2n) is 2.83. The van der Waals surface area contributed by atoms with Gasteiger partial charge in [-0.25, -0.2) is 4.98 Å². The van der Waals surface area contributed by atoms with E-state index < -0.39 is 10.9 Å². The number of aromatic nitrogens is 1. The molecule has 0 bridgehead atoms. The van der Waals surface area contributed by atoms with E-state index in [1.165, 1.54) is 18.2 Å². The Morgan fingerprint density at radius 3 is 2.94 bits per heavy atom. The van der Waals surface area contributed by atoms with E-state index in [9.17, 15) is 14.9 Å². The first-order chi connectivity index (χ1) is 7.50. The average molecular weight is 243 g/mol. The molecule has 0 fully saturated rings. The molecule has 1 heterocycles. The highest BCUT2D eigenvalue weighted by Crippen LogP contribution is 2.20. The van der Waals surface area contributed by atoms with Crippen LogP contribution in [0.25, 0.3) is 6.08 Å². The average Bonchev–Trinajstić information content (AvgIpc) is 2.20. The van der Waals surface area contributed by atoms with Crippen molar-refractivity contribution in [2.45, 2.75) is 6.42 Å². The quantitative estimate of drug-likeness (QED) is 0.496. The Morgan fingerprint density at radius 2 is 2.38 bits per heavy atom. The molecule has 0 aliphatic heterocycles. The highest BCUT2D eigenvalue weighted by atomic mass is 35.5. The third-order valence-electron chi connectivity index (χ3n) is 1.65. The number of halogens is 1. The molecule has 16 heavy (non-hydrogen) atoms. The molecule has 0 saturated carbocycles. The molecular formula is C9H7ClN2O4. The Balaban J connectivity index is 2.94. The number of hydrogen-bond donors (Lipinski definition) is 1. The summed E-state index contributed by atoms with van der Waals surface area (Å²) in [4.78, 5) is 23.7. The van der Waals surface area contributed by atoms with Gasteiger partial charge in [0.15, 0.2) is 0 Å². The van der Waals surface area contributed by atoms with Crippen LogP contribution in [0.4, 0.5) is 5.69 Å². The van der Waals surface area contributed by atoms with Crippen LogP contribution >= 0.6 is 11.6 Å². The summed E-state index contributed by atoms with van der Waals surface area (Å²) in [6.07, 6.45) is 3.58. The number of pyridine rings is 1. The van der Waals surface area contributed by atoms with E-state index in [1.54, 1.807) is 0 Å². The van der Waals surface area contributed by atoms with Crippen molar-refractivity contribution < 1.29 is 14.8 Å². The molecule has 0 atom stereocenters. The van der Waals surface area contributed by atoms with Crippen molar-refractivity contribution >= 4 is 29.3 Å². The number of carboxylic acids is 1. The van der Waals surface area contributed by atoms with Gasteiger partial charge >= 0.3 is 5.97 Å². The molecule has 1 aromatic heterocycles. The van der Waals surface area contributed by atoms with Gasteiger partial charge in [0.1, 0.15) is 11.3 Å². The number of rotatable bonds is 4. The maximum atomic E-state index is 10.5. The van der Waals surface area contributed by atoms with Crippen molar-refractivity contribution in [3.8, 4) is 0 Å². The highest BCUT2D eigenvalue weighted by molar-refractivity contribution is 6.30. The van der Waals surface area contributed by atoms with Gasteiger partial charge in [0.25, 0.3) is 5.69 Å². The van der Waals surface area contributed by atoms with Crippen molar-refractivity contribution in [2.24, 2.45) is 0 Å². The Morgan fingerprint density at radius 1 is 1.69 bits per heavy atom. The SMILES string of the molecule is O=C(O)CC=Cc1cc([N+](=O)[O-])cnc1Cl. The summed E-state index contributed by atoms with van der Waals surface area (Å²) in [6, 6.07) is 1.23. The lowest BCUT2D eigenvalue weighted by molar-refractivity contribution is -0.385. The monoisotopic (exact) mass is 242 g/mol. The molecule has 0 amide bonds. The van der Waals surface area contributed by atoms with Gasteiger partial charge in [-0.15, -0.1) is 0 Å². The van der Waals surface area contributed by atoms with Gasteiger partial charge in [-0.2, -0.15) is 0 Å². The molecule has 0 aliphatic rings. The molecule has 6 nitrogen and oxygen atoms in total. The normalized spacial score (nSPS) is 10.6. The molecule has 0 unspecified atom stereocenters. The first kappa shape index (κ1) is 12.1. The van der Waals surface area contributed by atoms with Gasteiger partial charge < -0.3 is 5.11 Å². The minimum Gasteiger partial charge on any atom is -0.481 e. The first-order valence-corrected chi connectivity index (χ1v) is 4.57. The number of nitrogens with zero attached hydrogens (tertiary/aromatic N) is 2. The number of carbonyl (C=O) groups is 1. The standard InChI is InChI=1S/C9H7ClN2O4/c10-9-6(2-1-3-8(13)14)4-7(5-11-9)12(15)16/h1-2,4-5H,3H2,(H,13,14). The minimum absolute atomic E-state index is 0.0900. The lowest BCUT2D eigenvalue weighted by Crippen LogP contribution is -1.92. The smallest absolute Gasteiger partial charge is 0.307 e. The molecule has 0 saturated heterocycles. The molecule has 7 heteroatoms. The second kappa shape index (κ2) is 5.22. The van der Waals surface area contributed by atoms with E-state index in [0.717, 1.165) is 6.20 Å². The Kier molecular flexibility index (Phi) is 3.96. The van der Waals surface area contributed by atoms with Crippen molar-refractivity contribution in [3.63, 3.8) is 0 Å². The molecule has 0 spiro atoms. The molecule has 1 rings (SSSR count). The van der Waals surface area contributed by atoms with Gasteiger partial charge in [0, 0.05) is 11.6 Å². The van der Waals surface area contributed by atoms with Gasteiger partial charge in [-0.1, -0.05) is 23.8 Å². The molecule has 1 N–H and O–H groups in total. The number of nitro groups is 1. The van der Waals surface area contributed by atoms with Crippen molar-refractivity contribution in [2.75, 3.05) is 0 Å². The van der Waals surface area contributed by atoms with Crippen molar-refractivity contribution in [1.29, 1.82) is 0 Å². The molecule has 1 aromatic rings. The fourth-order valence-electron chi connectivity index (χ4n) is 0.957. The van der Waals surface area contributed by atoms with Crippen LogP contribution in [-0.2, 0) is 4.79 Å². The van der Waals surface area contributed by atoms with Crippen LogP contribution in [0.3, 0.4) is 0 Å². The maximum absolute atomic E-state index is 10.5. The van der Waals surface area contributed by atoms with Gasteiger partial charge in [-0.3, -0.25) is 14.9 Å². The van der Waals surface area contributed by atoms with Crippen molar-refractivity contribution in [3.05, 3.63) is 39.2 Å². The predicted molar refractivity (Wildman–Crippen MR) is 57.2 cm³/mol. The minimum atomic E-state index is -0.995. The van der Waals surface area contributed by atoms with Gasteiger partial charge in [0.05, 0.1) is 11.3 Å². The Hall–Kier alpha value is -1.95. The molecule has 0 aliphatic carbocycles. The van der Waals surface area contributed by atoms with E-state index in [2.05, 4.69) is 4.98 Å².